The van der Waals surface area contributed by atoms with E-state index in [0.717, 1.165) is 18.7 Å². The first-order valence-electron chi connectivity index (χ1n) is 9.20. The second-order valence-electron chi connectivity index (χ2n) is 7.35. The maximum atomic E-state index is 13.6. The van der Waals surface area contributed by atoms with Gasteiger partial charge < -0.3 is 10.2 Å². The lowest BCUT2D eigenvalue weighted by Gasteiger charge is -2.16. The van der Waals surface area contributed by atoms with E-state index in [9.17, 15) is 14.0 Å². The highest BCUT2D eigenvalue weighted by atomic mass is 19.1. The normalized spacial score (nSPS) is 22.1. The van der Waals surface area contributed by atoms with Crippen molar-refractivity contribution in [2.24, 2.45) is 5.92 Å². The molecule has 1 saturated heterocycles. The third-order valence-electron chi connectivity index (χ3n) is 5.17. The Kier molecular flexibility index (Phi) is 4.63. The number of benzene rings is 1. The van der Waals surface area contributed by atoms with Gasteiger partial charge in [0, 0.05) is 49.0 Å². The monoisotopic (exact) mass is 371 g/mol. The molecule has 1 saturated carbocycles. The van der Waals surface area contributed by atoms with Gasteiger partial charge in [0.1, 0.15) is 5.82 Å². The standard InChI is InChI=1S/C19H22FN5O2/c1-11(26)21-15-4-2-3-13(7-15)19(27)25-9-14(8-20)16(10-25)18-22-17(23-24-18)12-5-6-12/h2-4,7,12,14,16H,5-6,8-10H2,1H3,(H,21,26)(H,22,23,24)/t14-,16-/m1/s1. The summed E-state index contributed by atoms with van der Waals surface area (Å²) in [5.41, 5.74) is 1.03. The molecule has 27 heavy (non-hydrogen) atoms. The molecule has 4 rings (SSSR count). The maximum Gasteiger partial charge on any atom is 0.253 e. The Morgan fingerprint density at radius 2 is 2.15 bits per heavy atom. The minimum atomic E-state index is -0.514. The lowest BCUT2D eigenvalue weighted by Crippen LogP contribution is -2.29. The molecule has 0 unspecified atom stereocenters. The van der Waals surface area contributed by atoms with Gasteiger partial charge in [-0.05, 0) is 31.0 Å². The number of aromatic amines is 1. The smallest absolute Gasteiger partial charge is 0.253 e. The van der Waals surface area contributed by atoms with Crippen LogP contribution in [0.15, 0.2) is 24.3 Å². The van der Waals surface area contributed by atoms with Crippen LogP contribution >= 0.6 is 0 Å². The summed E-state index contributed by atoms with van der Waals surface area (Å²) in [7, 11) is 0. The fourth-order valence-corrected chi connectivity index (χ4v) is 3.60. The Balaban J connectivity index is 1.50. The van der Waals surface area contributed by atoms with Crippen LogP contribution in [0.4, 0.5) is 10.1 Å². The molecule has 2 heterocycles. The summed E-state index contributed by atoms with van der Waals surface area (Å²) in [6.07, 6.45) is 2.20. The molecular formula is C19H22FN5O2. The third kappa shape index (κ3) is 3.70. The average molecular weight is 371 g/mol. The van der Waals surface area contributed by atoms with E-state index in [1.165, 1.54) is 6.92 Å². The number of hydrogen-bond acceptors (Lipinski definition) is 4. The number of alkyl halides is 1. The Hall–Kier alpha value is -2.77. The molecule has 1 aromatic carbocycles. The Morgan fingerprint density at radius 1 is 1.33 bits per heavy atom. The zero-order valence-electron chi connectivity index (χ0n) is 15.1. The van der Waals surface area contributed by atoms with Gasteiger partial charge in [-0.1, -0.05) is 6.07 Å². The third-order valence-corrected chi connectivity index (χ3v) is 5.17. The number of rotatable bonds is 5. The molecule has 0 radical (unpaired) electrons. The molecule has 1 aliphatic heterocycles. The van der Waals surface area contributed by atoms with Crippen LogP contribution in [-0.4, -0.2) is 51.7 Å². The summed E-state index contributed by atoms with van der Waals surface area (Å²) < 4.78 is 13.6. The van der Waals surface area contributed by atoms with E-state index in [1.807, 2.05) is 0 Å². The van der Waals surface area contributed by atoms with E-state index in [2.05, 4.69) is 20.5 Å². The number of amides is 2. The van der Waals surface area contributed by atoms with Crippen molar-refractivity contribution in [1.29, 1.82) is 0 Å². The predicted molar refractivity (Wildman–Crippen MR) is 97.2 cm³/mol. The number of halogens is 1. The van der Waals surface area contributed by atoms with E-state index >= 15 is 0 Å². The van der Waals surface area contributed by atoms with Gasteiger partial charge >= 0.3 is 0 Å². The SMILES string of the molecule is CC(=O)Nc1cccc(C(=O)N2C[C@@H](CF)[C@H](c3nc(C4CC4)n[nH]3)C2)c1. The van der Waals surface area contributed by atoms with E-state index in [0.29, 0.717) is 36.1 Å². The number of carbonyl (C=O) groups excluding carboxylic acids is 2. The molecule has 142 valence electrons. The molecule has 7 nitrogen and oxygen atoms in total. The molecule has 0 spiro atoms. The van der Waals surface area contributed by atoms with Crippen LogP contribution in [0.5, 0.6) is 0 Å². The second-order valence-corrected chi connectivity index (χ2v) is 7.35. The van der Waals surface area contributed by atoms with Crippen molar-refractivity contribution < 1.29 is 14.0 Å². The summed E-state index contributed by atoms with van der Waals surface area (Å²) in [6, 6.07) is 6.78. The number of aromatic nitrogens is 3. The molecule has 2 aliphatic rings. The first kappa shape index (κ1) is 17.6. The summed E-state index contributed by atoms with van der Waals surface area (Å²) in [6.45, 7) is 1.64. The summed E-state index contributed by atoms with van der Waals surface area (Å²) in [4.78, 5) is 30.3. The summed E-state index contributed by atoms with van der Waals surface area (Å²) >= 11 is 0. The van der Waals surface area contributed by atoms with Crippen molar-refractivity contribution >= 4 is 17.5 Å². The molecule has 2 amide bonds. The van der Waals surface area contributed by atoms with Gasteiger partial charge in [0.15, 0.2) is 5.82 Å². The van der Waals surface area contributed by atoms with Crippen LogP contribution in [0.1, 0.15) is 53.6 Å². The minimum Gasteiger partial charge on any atom is -0.338 e. The largest absolute Gasteiger partial charge is 0.338 e. The number of H-pyrrole nitrogens is 1. The van der Waals surface area contributed by atoms with Crippen LogP contribution in [0.2, 0.25) is 0 Å². The molecule has 2 N–H and O–H groups in total. The molecule has 1 aliphatic carbocycles. The molecular weight excluding hydrogens is 349 g/mol. The first-order valence-corrected chi connectivity index (χ1v) is 9.20. The number of nitrogens with one attached hydrogen (secondary N) is 2. The highest BCUT2D eigenvalue weighted by molar-refractivity contribution is 5.97. The molecule has 0 bridgehead atoms. The lowest BCUT2D eigenvalue weighted by atomic mass is 9.97. The zero-order chi connectivity index (χ0) is 19.0. The summed E-state index contributed by atoms with van der Waals surface area (Å²) in [5, 5.41) is 9.88. The Bertz CT molecular complexity index is 863. The number of anilines is 1. The molecule has 2 aromatic rings. The van der Waals surface area contributed by atoms with Crippen molar-refractivity contribution in [3.63, 3.8) is 0 Å². The van der Waals surface area contributed by atoms with Gasteiger partial charge in [-0.2, -0.15) is 5.10 Å². The molecule has 2 atom stereocenters. The fraction of sp³-hybridized carbons (Fsp3) is 0.474. The van der Waals surface area contributed by atoms with Gasteiger partial charge in [0.25, 0.3) is 5.91 Å². The quantitative estimate of drug-likeness (QED) is 0.845. The van der Waals surface area contributed by atoms with Crippen LogP contribution < -0.4 is 5.32 Å². The van der Waals surface area contributed by atoms with E-state index in [-0.39, 0.29) is 23.7 Å². The molecule has 8 heteroatoms. The van der Waals surface area contributed by atoms with Gasteiger partial charge in [-0.3, -0.25) is 19.1 Å². The maximum absolute atomic E-state index is 13.6. The first-order chi connectivity index (χ1) is 13.0. The number of likely N-dealkylation sites (tertiary alicyclic amines) is 1. The highest BCUT2D eigenvalue weighted by Crippen LogP contribution is 2.39. The van der Waals surface area contributed by atoms with Gasteiger partial charge in [0.2, 0.25) is 5.91 Å². The van der Waals surface area contributed by atoms with Gasteiger partial charge in [-0.25, -0.2) is 4.98 Å². The van der Waals surface area contributed by atoms with Crippen LogP contribution in [0.25, 0.3) is 0 Å². The average Bonchev–Trinajstić information content (AvgIpc) is 3.23. The van der Waals surface area contributed by atoms with E-state index in [1.54, 1.807) is 29.2 Å². The second kappa shape index (κ2) is 7.09. The van der Waals surface area contributed by atoms with Crippen molar-refractivity contribution in [2.75, 3.05) is 25.1 Å². The van der Waals surface area contributed by atoms with Crippen molar-refractivity contribution in [1.82, 2.24) is 20.1 Å². The zero-order valence-corrected chi connectivity index (χ0v) is 15.1. The molecule has 1 aromatic heterocycles. The van der Waals surface area contributed by atoms with E-state index < -0.39 is 6.67 Å². The van der Waals surface area contributed by atoms with Gasteiger partial charge in [-0.15, -0.1) is 0 Å². The topological polar surface area (TPSA) is 91.0 Å². The number of nitrogens with zero attached hydrogens (tertiary/aromatic N) is 3. The van der Waals surface area contributed by atoms with Gasteiger partial charge in [0.05, 0.1) is 6.67 Å². The predicted octanol–water partition coefficient (Wildman–Crippen LogP) is 2.47. The Morgan fingerprint density at radius 3 is 2.85 bits per heavy atom. The molecule has 2 fully saturated rings. The lowest BCUT2D eigenvalue weighted by molar-refractivity contribution is -0.114. The number of hydrogen-bond donors (Lipinski definition) is 2. The van der Waals surface area contributed by atoms with Crippen LogP contribution in [-0.2, 0) is 4.79 Å². The van der Waals surface area contributed by atoms with Crippen LogP contribution in [0, 0.1) is 5.92 Å². The Labute approximate surface area is 156 Å². The fourth-order valence-electron chi connectivity index (χ4n) is 3.60. The van der Waals surface area contributed by atoms with Crippen molar-refractivity contribution in [2.45, 2.75) is 31.6 Å². The highest BCUT2D eigenvalue weighted by Gasteiger charge is 2.39. The van der Waals surface area contributed by atoms with E-state index in [4.69, 9.17) is 0 Å². The summed E-state index contributed by atoms with van der Waals surface area (Å²) in [5.74, 6) is 1.04. The van der Waals surface area contributed by atoms with Crippen molar-refractivity contribution in [3.05, 3.63) is 41.5 Å². The van der Waals surface area contributed by atoms with Crippen molar-refractivity contribution in [3.8, 4) is 0 Å². The number of carbonyl (C=O) groups is 2. The minimum absolute atomic E-state index is 0.176. The van der Waals surface area contributed by atoms with Crippen LogP contribution in [0.3, 0.4) is 0 Å².